The third-order valence-electron chi connectivity index (χ3n) is 4.36. The van der Waals surface area contributed by atoms with E-state index in [9.17, 15) is 14.4 Å². The second-order valence-electron chi connectivity index (χ2n) is 9.85. The molecule has 0 saturated heterocycles. The van der Waals surface area contributed by atoms with Crippen molar-refractivity contribution in [1.29, 1.82) is 0 Å². The van der Waals surface area contributed by atoms with E-state index in [2.05, 4.69) is 16.0 Å². The predicted molar refractivity (Wildman–Crippen MR) is 132 cm³/mol. The summed E-state index contributed by atoms with van der Waals surface area (Å²) in [4.78, 5) is 37.1. The fourth-order valence-corrected chi connectivity index (χ4v) is 2.96. The van der Waals surface area contributed by atoms with E-state index in [4.69, 9.17) is 9.47 Å². The molecule has 0 aliphatic carbocycles. The minimum atomic E-state index is -0.922. The van der Waals surface area contributed by atoms with Crippen LogP contribution in [0.25, 0.3) is 0 Å². The maximum Gasteiger partial charge on any atom is 0.408 e. The number of amides is 3. The van der Waals surface area contributed by atoms with Crippen LogP contribution >= 0.6 is 0 Å². The highest BCUT2D eigenvalue weighted by molar-refractivity contribution is 5.97. The van der Waals surface area contributed by atoms with Crippen LogP contribution < -0.4 is 16.0 Å². The number of alkyl carbamates (subject to hydrolysis) is 2. The first-order valence-electron chi connectivity index (χ1n) is 11.2. The Hall–Kier alpha value is -3.55. The minimum absolute atomic E-state index is 0.392. The van der Waals surface area contributed by atoms with E-state index in [1.54, 1.807) is 57.2 Å². The predicted octanol–water partition coefficient (Wildman–Crippen LogP) is 4.96. The van der Waals surface area contributed by atoms with E-state index in [1.807, 2.05) is 39.0 Å². The molecule has 2 aromatic rings. The summed E-state index contributed by atoms with van der Waals surface area (Å²) in [6.45, 7) is 11.1. The minimum Gasteiger partial charge on any atom is -0.444 e. The van der Waals surface area contributed by atoms with Crippen LogP contribution in [0, 0.1) is 0 Å². The van der Waals surface area contributed by atoms with E-state index in [1.165, 1.54) is 0 Å². The number of anilines is 1. The van der Waals surface area contributed by atoms with Crippen molar-refractivity contribution in [3.8, 4) is 0 Å². The summed E-state index contributed by atoms with van der Waals surface area (Å²) in [7, 11) is 0. The standard InChI is InChI=1S/C26H35N3O5/c1-25(2,3)33-23(31)27-17-16-18-12-14-20(15-13-18)28-22(30)21(19-10-8-7-9-11-19)29-24(32)34-26(4,5)6/h7-15,21H,16-17H2,1-6H3,(H,27,31)(H,28,30)(H,29,32). The van der Waals surface area contributed by atoms with Gasteiger partial charge in [0.05, 0.1) is 0 Å². The quantitative estimate of drug-likeness (QED) is 0.532. The van der Waals surface area contributed by atoms with Crippen LogP contribution in [0.15, 0.2) is 54.6 Å². The summed E-state index contributed by atoms with van der Waals surface area (Å²) < 4.78 is 10.5. The smallest absolute Gasteiger partial charge is 0.408 e. The number of ether oxygens (including phenoxy) is 2. The molecule has 0 aliphatic heterocycles. The highest BCUT2D eigenvalue weighted by Crippen LogP contribution is 2.18. The molecule has 1 atom stereocenters. The van der Waals surface area contributed by atoms with E-state index in [-0.39, 0.29) is 0 Å². The maximum atomic E-state index is 13.0. The lowest BCUT2D eigenvalue weighted by atomic mass is 10.1. The molecule has 0 saturated carbocycles. The van der Waals surface area contributed by atoms with Crippen molar-refractivity contribution in [1.82, 2.24) is 10.6 Å². The zero-order chi connectivity index (χ0) is 25.4. The summed E-state index contributed by atoms with van der Waals surface area (Å²) in [6.07, 6.45) is -0.523. The van der Waals surface area contributed by atoms with E-state index in [0.717, 1.165) is 5.56 Å². The van der Waals surface area contributed by atoms with Crippen LogP contribution in [0.5, 0.6) is 0 Å². The molecule has 0 aliphatic rings. The van der Waals surface area contributed by atoms with Crippen molar-refractivity contribution in [2.45, 2.75) is 65.2 Å². The van der Waals surface area contributed by atoms with Crippen LogP contribution in [-0.2, 0) is 20.7 Å². The number of hydrogen-bond donors (Lipinski definition) is 3. The molecule has 0 fully saturated rings. The van der Waals surface area contributed by atoms with Crippen LogP contribution in [0.2, 0.25) is 0 Å². The molecular weight excluding hydrogens is 434 g/mol. The zero-order valence-corrected chi connectivity index (χ0v) is 20.7. The molecule has 1 unspecified atom stereocenters. The Morgan fingerprint density at radius 1 is 0.794 bits per heavy atom. The SMILES string of the molecule is CC(C)(C)OC(=O)NCCc1ccc(NC(=O)C(NC(=O)OC(C)(C)C)c2ccccc2)cc1. The van der Waals surface area contributed by atoms with E-state index in [0.29, 0.717) is 24.2 Å². The average Bonchev–Trinajstić information content (AvgIpc) is 2.71. The fraction of sp³-hybridized carbons (Fsp3) is 0.423. The van der Waals surface area contributed by atoms with Gasteiger partial charge in [-0.2, -0.15) is 0 Å². The van der Waals surface area contributed by atoms with Gasteiger partial charge in [0, 0.05) is 12.2 Å². The second-order valence-corrected chi connectivity index (χ2v) is 9.85. The van der Waals surface area contributed by atoms with Crippen LogP contribution in [0.3, 0.4) is 0 Å². The monoisotopic (exact) mass is 469 g/mol. The molecule has 3 amide bonds. The summed E-state index contributed by atoms with van der Waals surface area (Å²) in [6, 6.07) is 15.3. The largest absolute Gasteiger partial charge is 0.444 e. The molecule has 8 heteroatoms. The number of carbonyl (C=O) groups excluding carboxylic acids is 3. The highest BCUT2D eigenvalue weighted by atomic mass is 16.6. The van der Waals surface area contributed by atoms with Crippen molar-refractivity contribution in [2.75, 3.05) is 11.9 Å². The van der Waals surface area contributed by atoms with Gasteiger partial charge >= 0.3 is 12.2 Å². The molecule has 184 valence electrons. The van der Waals surface area contributed by atoms with Crippen LogP contribution in [0.1, 0.15) is 58.7 Å². The maximum absolute atomic E-state index is 13.0. The van der Waals surface area contributed by atoms with Crippen molar-refractivity contribution in [2.24, 2.45) is 0 Å². The third-order valence-corrected chi connectivity index (χ3v) is 4.36. The molecule has 8 nitrogen and oxygen atoms in total. The number of hydrogen-bond acceptors (Lipinski definition) is 5. The second kappa shape index (κ2) is 11.5. The molecule has 0 bridgehead atoms. The normalized spacial score (nSPS) is 12.3. The van der Waals surface area contributed by atoms with Gasteiger partial charge in [-0.25, -0.2) is 9.59 Å². The number of benzene rings is 2. The van der Waals surface area contributed by atoms with Crippen molar-refractivity contribution < 1.29 is 23.9 Å². The lowest BCUT2D eigenvalue weighted by Gasteiger charge is -2.23. The molecule has 2 aromatic carbocycles. The summed E-state index contributed by atoms with van der Waals surface area (Å²) >= 11 is 0. The van der Waals surface area contributed by atoms with Gasteiger partial charge in [-0.15, -0.1) is 0 Å². The molecule has 34 heavy (non-hydrogen) atoms. The van der Waals surface area contributed by atoms with E-state index < -0.39 is 35.3 Å². The lowest BCUT2D eigenvalue weighted by Crippen LogP contribution is -2.40. The molecule has 3 N–H and O–H groups in total. The van der Waals surface area contributed by atoms with Gasteiger partial charge in [-0.05, 0) is 71.2 Å². The Morgan fingerprint density at radius 2 is 1.35 bits per heavy atom. The molecule has 0 heterocycles. The zero-order valence-electron chi connectivity index (χ0n) is 20.7. The van der Waals surface area contributed by atoms with Gasteiger partial charge in [0.1, 0.15) is 17.2 Å². The summed E-state index contributed by atoms with van der Waals surface area (Å²) in [5.41, 5.74) is 0.979. The Balaban J connectivity index is 1.98. The first-order valence-corrected chi connectivity index (χ1v) is 11.2. The van der Waals surface area contributed by atoms with Crippen LogP contribution in [0.4, 0.5) is 15.3 Å². The van der Waals surface area contributed by atoms with Gasteiger partial charge in [0.15, 0.2) is 0 Å². The van der Waals surface area contributed by atoms with Crippen LogP contribution in [-0.4, -0.2) is 35.8 Å². The van der Waals surface area contributed by atoms with E-state index >= 15 is 0 Å². The van der Waals surface area contributed by atoms with Crippen molar-refractivity contribution >= 4 is 23.8 Å². The number of rotatable bonds is 7. The van der Waals surface area contributed by atoms with Gasteiger partial charge in [-0.1, -0.05) is 42.5 Å². The molecule has 0 radical (unpaired) electrons. The first kappa shape index (κ1) is 26.7. The lowest BCUT2D eigenvalue weighted by molar-refractivity contribution is -0.118. The van der Waals surface area contributed by atoms with Gasteiger partial charge in [0.2, 0.25) is 0 Å². The van der Waals surface area contributed by atoms with Crippen molar-refractivity contribution in [3.63, 3.8) is 0 Å². The topological polar surface area (TPSA) is 106 Å². The number of carbonyl (C=O) groups is 3. The van der Waals surface area contributed by atoms with Gasteiger partial charge in [0.25, 0.3) is 5.91 Å². The van der Waals surface area contributed by atoms with Gasteiger partial charge < -0.3 is 25.4 Å². The Bertz CT molecular complexity index is 961. The number of nitrogens with one attached hydrogen (secondary N) is 3. The summed E-state index contributed by atoms with van der Waals surface area (Å²) in [5, 5.41) is 8.21. The molecule has 0 spiro atoms. The average molecular weight is 470 g/mol. The van der Waals surface area contributed by atoms with Gasteiger partial charge in [-0.3, -0.25) is 4.79 Å². The highest BCUT2D eigenvalue weighted by Gasteiger charge is 2.26. The Kier molecular flexibility index (Phi) is 9.06. The summed E-state index contributed by atoms with van der Waals surface area (Å²) in [5.74, 6) is -0.392. The first-order chi connectivity index (χ1) is 15.8. The Labute approximate surface area is 201 Å². The molecule has 2 rings (SSSR count). The molecule has 0 aromatic heterocycles. The Morgan fingerprint density at radius 3 is 1.91 bits per heavy atom. The third kappa shape index (κ3) is 9.94. The van der Waals surface area contributed by atoms with Crippen molar-refractivity contribution in [3.05, 3.63) is 65.7 Å². The molecular formula is C26H35N3O5. The fourth-order valence-electron chi connectivity index (χ4n) is 2.96.